The molecule has 1 amide bonds. The fourth-order valence-electron chi connectivity index (χ4n) is 3.09. The topological polar surface area (TPSA) is 32.3 Å². The lowest BCUT2D eigenvalue weighted by Gasteiger charge is -2.22. The Bertz CT molecular complexity index is 585. The van der Waals surface area contributed by atoms with E-state index in [1.807, 2.05) is 0 Å². The number of rotatable bonds is 6. The summed E-state index contributed by atoms with van der Waals surface area (Å²) in [5, 5.41) is 3.10. The second kappa shape index (κ2) is 9.42. The summed E-state index contributed by atoms with van der Waals surface area (Å²) < 4.78 is 0.802. The second-order valence-electron chi connectivity index (χ2n) is 6.25. The lowest BCUT2D eigenvalue weighted by Crippen LogP contribution is -2.31. The molecule has 0 unspecified atom stereocenters. The van der Waals surface area contributed by atoms with Gasteiger partial charge in [0.05, 0.1) is 11.8 Å². The van der Waals surface area contributed by atoms with Crippen LogP contribution in [0.25, 0.3) is 0 Å². The van der Waals surface area contributed by atoms with E-state index in [2.05, 4.69) is 49.2 Å². The van der Waals surface area contributed by atoms with Gasteiger partial charge in [-0.3, -0.25) is 4.79 Å². The predicted molar refractivity (Wildman–Crippen MR) is 108 cm³/mol. The highest BCUT2D eigenvalue weighted by atomic mass is 32.2. The van der Waals surface area contributed by atoms with E-state index in [4.69, 9.17) is 12.2 Å². The van der Waals surface area contributed by atoms with Crippen LogP contribution in [0.4, 0.5) is 0 Å². The van der Waals surface area contributed by atoms with Crippen molar-refractivity contribution in [3.63, 3.8) is 0 Å². The van der Waals surface area contributed by atoms with Gasteiger partial charge in [-0.15, -0.1) is 0 Å². The van der Waals surface area contributed by atoms with Crippen LogP contribution in [0.15, 0.2) is 18.2 Å². The van der Waals surface area contributed by atoms with Crippen LogP contribution in [0, 0.1) is 0 Å². The van der Waals surface area contributed by atoms with Crippen LogP contribution in [0.5, 0.6) is 0 Å². The van der Waals surface area contributed by atoms with Gasteiger partial charge < -0.3 is 10.2 Å². The number of thiocarbonyl (C=S) groups is 1. The number of nitrogens with zero attached hydrogens (tertiary/aromatic N) is 1. The number of aryl methyl sites for hydroxylation is 2. The molecule has 0 saturated carbocycles. The first-order valence-corrected chi connectivity index (χ1v) is 10.3. The molecule has 24 heavy (non-hydrogen) atoms. The Morgan fingerprint density at radius 2 is 1.92 bits per heavy atom. The average molecular weight is 365 g/mol. The Morgan fingerprint density at radius 1 is 1.25 bits per heavy atom. The van der Waals surface area contributed by atoms with Crippen molar-refractivity contribution in [1.82, 2.24) is 10.2 Å². The van der Waals surface area contributed by atoms with Gasteiger partial charge in [0, 0.05) is 13.1 Å². The maximum absolute atomic E-state index is 12.2. The fraction of sp³-hybridized carbons (Fsp3) is 0.579. The molecule has 0 bridgehead atoms. The number of amides is 1. The lowest BCUT2D eigenvalue weighted by molar-refractivity contribution is -0.119. The van der Waals surface area contributed by atoms with Crippen LogP contribution in [-0.4, -0.2) is 34.0 Å². The standard InChI is InChI=1S/C19H28N2OS2/c1-4-21(5-2)19(23)24-13-18(22)20-14(3)16-11-10-15-8-6-7-9-17(15)12-16/h10-12,14H,4-9,13H2,1-3H3,(H,20,22)/t14-/m1/s1. The zero-order chi connectivity index (χ0) is 17.5. The minimum absolute atomic E-state index is 0.0346. The molecule has 1 aromatic rings. The van der Waals surface area contributed by atoms with E-state index in [0.29, 0.717) is 5.75 Å². The summed E-state index contributed by atoms with van der Waals surface area (Å²) in [5.74, 6) is 0.421. The molecule has 0 aliphatic heterocycles. The van der Waals surface area contributed by atoms with E-state index in [-0.39, 0.29) is 11.9 Å². The molecule has 2 rings (SSSR count). The molecule has 0 fully saturated rings. The third kappa shape index (κ3) is 5.21. The molecule has 1 aliphatic rings. The fourth-order valence-corrected chi connectivity index (χ4v) is 4.30. The minimum atomic E-state index is 0.0346. The molecule has 3 nitrogen and oxygen atoms in total. The molecule has 1 N–H and O–H groups in total. The van der Waals surface area contributed by atoms with Gasteiger partial charge in [0.25, 0.3) is 0 Å². The van der Waals surface area contributed by atoms with E-state index in [0.717, 1.165) is 23.8 Å². The summed E-state index contributed by atoms with van der Waals surface area (Å²) in [4.78, 5) is 14.3. The highest BCUT2D eigenvalue weighted by molar-refractivity contribution is 8.23. The van der Waals surface area contributed by atoms with Crippen molar-refractivity contribution < 1.29 is 4.79 Å². The molecule has 0 saturated heterocycles. The van der Waals surface area contributed by atoms with E-state index < -0.39 is 0 Å². The van der Waals surface area contributed by atoms with Crippen molar-refractivity contribution in [1.29, 1.82) is 0 Å². The van der Waals surface area contributed by atoms with Gasteiger partial charge >= 0.3 is 0 Å². The molecule has 1 aliphatic carbocycles. The number of hydrogen-bond donors (Lipinski definition) is 1. The number of fused-ring (bicyclic) bond motifs is 1. The first-order valence-electron chi connectivity index (χ1n) is 8.87. The highest BCUT2D eigenvalue weighted by Gasteiger charge is 2.15. The monoisotopic (exact) mass is 364 g/mol. The Balaban J connectivity index is 1.86. The maximum atomic E-state index is 12.2. The van der Waals surface area contributed by atoms with Crippen LogP contribution in [0.3, 0.4) is 0 Å². The van der Waals surface area contributed by atoms with E-state index >= 15 is 0 Å². The average Bonchev–Trinajstić information content (AvgIpc) is 2.60. The molecule has 0 aromatic heterocycles. The SMILES string of the molecule is CCN(CC)C(=S)SCC(=O)N[C@H](C)c1ccc2c(c1)CCCC2. The third-order valence-electron chi connectivity index (χ3n) is 4.60. The van der Waals surface area contributed by atoms with Gasteiger partial charge in [-0.2, -0.15) is 0 Å². The van der Waals surface area contributed by atoms with Crippen molar-refractivity contribution in [3.05, 3.63) is 34.9 Å². The van der Waals surface area contributed by atoms with Crippen molar-refractivity contribution in [2.75, 3.05) is 18.8 Å². The molecule has 0 heterocycles. The summed E-state index contributed by atoms with van der Waals surface area (Å²) in [6, 6.07) is 6.69. The van der Waals surface area contributed by atoms with Crippen LogP contribution in [0.1, 0.15) is 56.3 Å². The normalized spacial score (nSPS) is 14.6. The Hall–Kier alpha value is -1.07. The molecule has 132 valence electrons. The third-order valence-corrected chi connectivity index (χ3v) is 6.12. The number of hydrogen-bond acceptors (Lipinski definition) is 3. The van der Waals surface area contributed by atoms with Crippen LogP contribution in [0.2, 0.25) is 0 Å². The van der Waals surface area contributed by atoms with Gasteiger partial charge in [-0.05, 0) is 63.1 Å². The summed E-state index contributed by atoms with van der Waals surface area (Å²) in [6.07, 6.45) is 4.92. The summed E-state index contributed by atoms with van der Waals surface area (Å²) >= 11 is 6.82. The predicted octanol–water partition coefficient (Wildman–Crippen LogP) is 4.10. The van der Waals surface area contributed by atoms with Crippen LogP contribution < -0.4 is 5.32 Å². The van der Waals surface area contributed by atoms with Gasteiger partial charge in [0.15, 0.2) is 0 Å². The smallest absolute Gasteiger partial charge is 0.230 e. The first-order chi connectivity index (χ1) is 11.5. The zero-order valence-corrected chi connectivity index (χ0v) is 16.6. The number of nitrogens with one attached hydrogen (secondary N) is 1. The Kier molecular flexibility index (Phi) is 7.56. The van der Waals surface area contributed by atoms with E-state index in [1.54, 1.807) is 0 Å². The highest BCUT2D eigenvalue weighted by Crippen LogP contribution is 2.24. The molecule has 1 atom stereocenters. The molecule has 1 aromatic carbocycles. The van der Waals surface area contributed by atoms with E-state index in [1.165, 1.54) is 47.7 Å². The molecule has 0 radical (unpaired) electrons. The number of benzene rings is 1. The largest absolute Gasteiger partial charge is 0.358 e. The second-order valence-corrected chi connectivity index (χ2v) is 7.86. The van der Waals surface area contributed by atoms with Gasteiger partial charge in [-0.25, -0.2) is 0 Å². The van der Waals surface area contributed by atoms with Gasteiger partial charge in [0.2, 0.25) is 5.91 Å². The van der Waals surface area contributed by atoms with Crippen molar-refractivity contribution >= 4 is 34.2 Å². The van der Waals surface area contributed by atoms with Gasteiger partial charge in [-0.1, -0.05) is 42.2 Å². The van der Waals surface area contributed by atoms with Crippen molar-refractivity contribution in [2.45, 2.75) is 52.5 Å². The van der Waals surface area contributed by atoms with Crippen LogP contribution >= 0.6 is 24.0 Å². The first kappa shape index (κ1) is 19.3. The summed E-state index contributed by atoms with van der Waals surface area (Å²) in [6.45, 7) is 7.98. The molecule has 0 spiro atoms. The summed E-state index contributed by atoms with van der Waals surface area (Å²) in [5.41, 5.74) is 4.13. The quantitative estimate of drug-likeness (QED) is 0.770. The Labute approximate surface area is 155 Å². The minimum Gasteiger partial charge on any atom is -0.358 e. The van der Waals surface area contributed by atoms with E-state index in [9.17, 15) is 4.79 Å². The maximum Gasteiger partial charge on any atom is 0.230 e. The number of thioether (sulfide) groups is 1. The van der Waals surface area contributed by atoms with Crippen molar-refractivity contribution in [3.8, 4) is 0 Å². The summed E-state index contributed by atoms with van der Waals surface area (Å²) in [7, 11) is 0. The Morgan fingerprint density at radius 3 is 2.58 bits per heavy atom. The number of carbonyl (C=O) groups excluding carboxylic acids is 1. The van der Waals surface area contributed by atoms with Crippen LogP contribution in [-0.2, 0) is 17.6 Å². The van der Waals surface area contributed by atoms with Crippen molar-refractivity contribution in [2.24, 2.45) is 0 Å². The molecular formula is C19H28N2OS2. The number of carbonyl (C=O) groups is 1. The molecule has 5 heteroatoms. The molecular weight excluding hydrogens is 336 g/mol. The van der Waals surface area contributed by atoms with Gasteiger partial charge in [0.1, 0.15) is 4.32 Å². The zero-order valence-electron chi connectivity index (χ0n) is 14.9. The lowest BCUT2D eigenvalue weighted by atomic mass is 9.89.